The summed E-state index contributed by atoms with van der Waals surface area (Å²) >= 11 is 1.37. The molecule has 0 N–H and O–H groups in total. The summed E-state index contributed by atoms with van der Waals surface area (Å²) in [5.41, 5.74) is 1.44. The van der Waals surface area contributed by atoms with E-state index in [9.17, 15) is 4.79 Å². The van der Waals surface area contributed by atoms with Gasteiger partial charge in [-0.1, -0.05) is 19.0 Å². The van der Waals surface area contributed by atoms with E-state index in [4.69, 9.17) is 4.52 Å². The van der Waals surface area contributed by atoms with Crippen LogP contribution in [0.15, 0.2) is 16.9 Å². The van der Waals surface area contributed by atoms with Gasteiger partial charge in [-0.3, -0.25) is 4.79 Å². The molecule has 4 nitrogen and oxygen atoms in total. The van der Waals surface area contributed by atoms with Crippen molar-refractivity contribution in [3.05, 3.63) is 22.9 Å². The molecule has 84 valence electrons. The highest BCUT2D eigenvalue weighted by atomic mass is 32.1. The van der Waals surface area contributed by atoms with E-state index in [1.807, 2.05) is 20.8 Å². The number of nitrogens with zero attached hydrogens (tertiary/aromatic N) is 2. The predicted octanol–water partition coefficient (Wildman–Crippen LogP) is 2.95. The van der Waals surface area contributed by atoms with Crippen LogP contribution >= 0.6 is 11.3 Å². The highest BCUT2D eigenvalue weighted by molar-refractivity contribution is 7.17. The Morgan fingerprint density at radius 2 is 2.25 bits per heavy atom. The van der Waals surface area contributed by atoms with Crippen molar-refractivity contribution in [3.8, 4) is 10.7 Å². The summed E-state index contributed by atoms with van der Waals surface area (Å²) in [6, 6.07) is 1.74. The molecule has 0 saturated carbocycles. The summed E-state index contributed by atoms with van der Waals surface area (Å²) in [5.74, 6) is 0.119. The van der Waals surface area contributed by atoms with E-state index in [0.29, 0.717) is 10.6 Å². The molecule has 2 aromatic rings. The molecule has 0 atom stereocenters. The van der Waals surface area contributed by atoms with Crippen LogP contribution in [0, 0.1) is 12.8 Å². The summed E-state index contributed by atoms with van der Waals surface area (Å²) in [7, 11) is 0. The summed E-state index contributed by atoms with van der Waals surface area (Å²) in [4.78, 5) is 16.9. The summed E-state index contributed by atoms with van der Waals surface area (Å²) in [6.45, 7) is 5.62. The minimum Gasteiger partial charge on any atom is -0.364 e. The molecule has 0 aliphatic heterocycles. The van der Waals surface area contributed by atoms with Crippen molar-refractivity contribution in [2.24, 2.45) is 5.92 Å². The summed E-state index contributed by atoms with van der Waals surface area (Å²) in [5, 5.41) is 4.54. The number of aryl methyl sites for hydroxylation is 1. The Kier molecular flexibility index (Phi) is 2.87. The third kappa shape index (κ3) is 1.90. The van der Waals surface area contributed by atoms with Crippen molar-refractivity contribution in [3.63, 3.8) is 0 Å². The Morgan fingerprint density at radius 1 is 1.50 bits per heavy atom. The van der Waals surface area contributed by atoms with Crippen LogP contribution < -0.4 is 0 Å². The van der Waals surface area contributed by atoms with Crippen LogP contribution in [-0.4, -0.2) is 15.9 Å². The highest BCUT2D eigenvalue weighted by Gasteiger charge is 2.19. The van der Waals surface area contributed by atoms with E-state index < -0.39 is 0 Å². The zero-order valence-corrected chi connectivity index (χ0v) is 10.2. The molecule has 2 rings (SSSR count). The van der Waals surface area contributed by atoms with E-state index >= 15 is 0 Å². The molecule has 0 aliphatic carbocycles. The lowest BCUT2D eigenvalue weighted by molar-refractivity contribution is 0.0942. The fourth-order valence-corrected chi connectivity index (χ4v) is 2.44. The first kappa shape index (κ1) is 11.0. The number of carbonyl (C=O) groups is 1. The van der Waals surface area contributed by atoms with Gasteiger partial charge in [0.15, 0.2) is 5.78 Å². The number of carbonyl (C=O) groups excluding carboxylic acids is 1. The van der Waals surface area contributed by atoms with E-state index in [0.717, 1.165) is 10.7 Å². The Hall–Kier alpha value is -1.49. The Balaban J connectivity index is 2.40. The molecular weight excluding hydrogens is 224 g/mol. The number of aromatic nitrogens is 2. The standard InChI is InChI=1S/C11H12N2O2S/c1-6(2)9(14)10-7(3)12-11(16-10)8-4-5-15-13-8/h4-6H,1-3H3. The summed E-state index contributed by atoms with van der Waals surface area (Å²) < 4.78 is 4.76. The predicted molar refractivity (Wildman–Crippen MR) is 61.5 cm³/mol. The minimum atomic E-state index is -0.00990. The number of thiazole rings is 1. The van der Waals surface area contributed by atoms with E-state index in [1.165, 1.54) is 17.6 Å². The lowest BCUT2D eigenvalue weighted by Crippen LogP contribution is -2.06. The van der Waals surface area contributed by atoms with Gasteiger partial charge in [-0.15, -0.1) is 11.3 Å². The second-order valence-electron chi connectivity index (χ2n) is 3.84. The first-order valence-electron chi connectivity index (χ1n) is 5.02. The molecule has 2 heterocycles. The normalized spacial score (nSPS) is 11.0. The van der Waals surface area contributed by atoms with Gasteiger partial charge in [0.25, 0.3) is 0 Å². The smallest absolute Gasteiger partial charge is 0.177 e. The Labute approximate surface area is 97.3 Å². The van der Waals surface area contributed by atoms with Crippen LogP contribution in [0.3, 0.4) is 0 Å². The van der Waals surface area contributed by atoms with Crippen LogP contribution in [0.1, 0.15) is 29.2 Å². The lowest BCUT2D eigenvalue weighted by atomic mass is 10.1. The van der Waals surface area contributed by atoms with Gasteiger partial charge in [0.2, 0.25) is 0 Å². The maximum Gasteiger partial charge on any atom is 0.177 e. The van der Waals surface area contributed by atoms with Crippen molar-refractivity contribution in [2.75, 3.05) is 0 Å². The molecule has 0 aromatic carbocycles. The first-order valence-corrected chi connectivity index (χ1v) is 5.83. The van der Waals surface area contributed by atoms with Crippen LogP contribution in [0.5, 0.6) is 0 Å². The van der Waals surface area contributed by atoms with E-state index in [1.54, 1.807) is 6.07 Å². The van der Waals surface area contributed by atoms with Gasteiger partial charge >= 0.3 is 0 Å². The third-order valence-electron chi connectivity index (χ3n) is 2.20. The fourth-order valence-electron chi connectivity index (χ4n) is 1.32. The number of ketones is 1. The van der Waals surface area contributed by atoms with Gasteiger partial charge in [0, 0.05) is 12.0 Å². The van der Waals surface area contributed by atoms with Gasteiger partial charge < -0.3 is 4.52 Å². The molecular formula is C11H12N2O2S. The van der Waals surface area contributed by atoms with Gasteiger partial charge in [-0.2, -0.15) is 0 Å². The second kappa shape index (κ2) is 4.17. The first-order chi connectivity index (χ1) is 7.59. The maximum absolute atomic E-state index is 11.9. The molecule has 0 saturated heterocycles. The van der Waals surface area contributed by atoms with E-state index in [-0.39, 0.29) is 11.7 Å². The third-order valence-corrected chi connectivity index (χ3v) is 3.40. The average molecular weight is 236 g/mol. The van der Waals surface area contributed by atoms with Gasteiger partial charge in [-0.05, 0) is 6.92 Å². The SMILES string of the molecule is Cc1nc(-c2ccon2)sc1C(=O)C(C)C. The number of Topliss-reactive ketones (excluding diaryl/α,β-unsaturated/α-hetero) is 1. The Bertz CT molecular complexity index is 500. The zero-order chi connectivity index (χ0) is 11.7. The van der Waals surface area contributed by atoms with Gasteiger partial charge in [-0.25, -0.2) is 4.98 Å². The van der Waals surface area contributed by atoms with Crippen LogP contribution in [0.2, 0.25) is 0 Å². The molecule has 0 aliphatic rings. The van der Waals surface area contributed by atoms with E-state index in [2.05, 4.69) is 10.1 Å². The zero-order valence-electron chi connectivity index (χ0n) is 9.35. The van der Waals surface area contributed by atoms with Crippen molar-refractivity contribution in [1.29, 1.82) is 0 Å². The molecule has 5 heteroatoms. The number of hydrogen-bond donors (Lipinski definition) is 0. The molecule has 0 unspecified atom stereocenters. The van der Waals surface area contributed by atoms with Crippen LogP contribution in [0.25, 0.3) is 10.7 Å². The molecule has 0 fully saturated rings. The molecule has 0 amide bonds. The number of rotatable bonds is 3. The molecule has 0 bridgehead atoms. The fraction of sp³-hybridized carbons (Fsp3) is 0.364. The van der Waals surface area contributed by atoms with Crippen molar-refractivity contribution >= 4 is 17.1 Å². The Morgan fingerprint density at radius 3 is 2.81 bits per heavy atom. The van der Waals surface area contributed by atoms with Crippen LogP contribution in [0.4, 0.5) is 0 Å². The maximum atomic E-state index is 11.9. The highest BCUT2D eigenvalue weighted by Crippen LogP contribution is 2.28. The van der Waals surface area contributed by atoms with Gasteiger partial charge in [0.1, 0.15) is 17.0 Å². The average Bonchev–Trinajstić information content (AvgIpc) is 2.84. The molecule has 16 heavy (non-hydrogen) atoms. The van der Waals surface area contributed by atoms with Crippen LogP contribution in [-0.2, 0) is 0 Å². The summed E-state index contributed by atoms with van der Waals surface area (Å²) in [6.07, 6.45) is 1.50. The molecule has 0 spiro atoms. The second-order valence-corrected chi connectivity index (χ2v) is 4.84. The monoisotopic (exact) mass is 236 g/mol. The lowest BCUT2D eigenvalue weighted by Gasteiger charge is -2.00. The number of hydrogen-bond acceptors (Lipinski definition) is 5. The van der Waals surface area contributed by atoms with Crippen molar-refractivity contribution < 1.29 is 9.32 Å². The van der Waals surface area contributed by atoms with Crippen molar-refractivity contribution in [1.82, 2.24) is 10.1 Å². The largest absolute Gasteiger partial charge is 0.364 e. The van der Waals surface area contributed by atoms with Crippen molar-refractivity contribution in [2.45, 2.75) is 20.8 Å². The minimum absolute atomic E-state index is 0.00990. The van der Waals surface area contributed by atoms with Gasteiger partial charge in [0.05, 0.1) is 10.6 Å². The quantitative estimate of drug-likeness (QED) is 0.769. The molecule has 2 aromatic heterocycles. The topological polar surface area (TPSA) is 56.0 Å². The molecule has 0 radical (unpaired) electrons.